The van der Waals surface area contributed by atoms with Crippen molar-refractivity contribution in [2.24, 2.45) is 0 Å². The topological polar surface area (TPSA) is 57.5 Å². The summed E-state index contributed by atoms with van der Waals surface area (Å²) in [5, 5.41) is 17.7. The Morgan fingerprint density at radius 2 is 2.20 bits per heavy atom. The highest BCUT2D eigenvalue weighted by molar-refractivity contribution is 9.10. The summed E-state index contributed by atoms with van der Waals surface area (Å²) in [4.78, 5) is 10.3. The third-order valence-electron chi connectivity index (χ3n) is 2.00. The van der Waals surface area contributed by atoms with Crippen LogP contribution in [0.2, 0.25) is 0 Å². The number of phenols is 1. The van der Waals surface area contributed by atoms with Gasteiger partial charge in [0.15, 0.2) is 0 Å². The molecule has 1 aromatic rings. The average Bonchev–Trinajstić information content (AvgIpc) is 2.14. The number of aliphatic carboxylic acids is 1. The van der Waals surface area contributed by atoms with Crippen molar-refractivity contribution in [2.45, 2.75) is 12.8 Å². The number of benzene rings is 1. The number of carboxylic acid groups (broad SMARTS) is 1. The van der Waals surface area contributed by atoms with Gasteiger partial charge in [0.1, 0.15) is 5.75 Å². The molecule has 0 amide bonds. The van der Waals surface area contributed by atoms with E-state index in [0.29, 0.717) is 0 Å². The van der Waals surface area contributed by atoms with Crippen LogP contribution in [0.5, 0.6) is 5.75 Å². The molecule has 0 aliphatic rings. The molecule has 1 aromatic carbocycles. The minimum atomic E-state index is -0.961. The van der Waals surface area contributed by atoms with E-state index in [-0.39, 0.29) is 11.7 Å². The van der Waals surface area contributed by atoms with Crippen molar-refractivity contribution < 1.29 is 15.0 Å². The average molecular weight is 271 g/mol. The van der Waals surface area contributed by atoms with Crippen molar-refractivity contribution in [1.82, 2.24) is 0 Å². The van der Waals surface area contributed by atoms with Gasteiger partial charge < -0.3 is 10.2 Å². The zero-order valence-corrected chi connectivity index (χ0v) is 9.73. The predicted molar refractivity (Wildman–Crippen MR) is 61.0 cm³/mol. The van der Waals surface area contributed by atoms with Crippen LogP contribution in [0.1, 0.15) is 18.4 Å². The van der Waals surface area contributed by atoms with Gasteiger partial charge in [-0.3, -0.25) is 0 Å². The first-order chi connectivity index (χ1) is 7.00. The Balaban J connectivity index is 2.91. The molecule has 2 N–H and O–H groups in total. The molecule has 1 rings (SSSR count). The fourth-order valence-corrected chi connectivity index (χ4v) is 1.94. The van der Waals surface area contributed by atoms with E-state index in [1.807, 2.05) is 6.92 Å². The maximum atomic E-state index is 10.3. The second-order valence-electron chi connectivity index (χ2n) is 3.19. The molecule has 0 spiro atoms. The van der Waals surface area contributed by atoms with Gasteiger partial charge in [-0.15, -0.1) is 0 Å². The molecule has 0 radical (unpaired) electrons. The number of halogens is 1. The van der Waals surface area contributed by atoms with E-state index in [9.17, 15) is 9.90 Å². The van der Waals surface area contributed by atoms with Crippen molar-refractivity contribution in [3.05, 3.63) is 40.4 Å². The number of phenolic OH excluding ortho intramolecular Hbond substituents is 1. The molecule has 15 heavy (non-hydrogen) atoms. The second kappa shape index (κ2) is 4.98. The van der Waals surface area contributed by atoms with E-state index in [1.54, 1.807) is 24.3 Å². The fourth-order valence-electron chi connectivity index (χ4n) is 1.22. The van der Waals surface area contributed by atoms with Gasteiger partial charge in [-0.05, 0) is 17.7 Å². The van der Waals surface area contributed by atoms with Crippen LogP contribution >= 0.6 is 15.9 Å². The Kier molecular flexibility index (Phi) is 3.91. The molecule has 0 fully saturated rings. The molecule has 0 saturated carbocycles. The lowest BCUT2D eigenvalue weighted by Gasteiger charge is -2.09. The lowest BCUT2D eigenvalue weighted by atomic mass is 10.0. The first-order valence-electron chi connectivity index (χ1n) is 4.40. The smallest absolute Gasteiger partial charge is 0.327 e. The fraction of sp³-hybridized carbons (Fsp3) is 0.182. The van der Waals surface area contributed by atoms with Crippen LogP contribution in [0.25, 0.3) is 0 Å². The van der Waals surface area contributed by atoms with Crippen LogP contribution in [0.4, 0.5) is 0 Å². The van der Waals surface area contributed by atoms with Crippen molar-refractivity contribution in [3.63, 3.8) is 0 Å². The third-order valence-corrected chi connectivity index (χ3v) is 2.69. The lowest BCUT2D eigenvalue weighted by Crippen LogP contribution is -1.93. The van der Waals surface area contributed by atoms with Gasteiger partial charge in [-0.25, -0.2) is 4.79 Å². The molecule has 0 aliphatic heterocycles. The number of rotatable bonds is 3. The summed E-state index contributed by atoms with van der Waals surface area (Å²) >= 11 is 3.31. The van der Waals surface area contributed by atoms with Crippen LogP contribution < -0.4 is 0 Å². The van der Waals surface area contributed by atoms with E-state index >= 15 is 0 Å². The Bertz CT molecular complexity index is 399. The molecule has 0 saturated heterocycles. The molecule has 0 aliphatic carbocycles. The minimum Gasteiger partial charge on any atom is -0.508 e. The second-order valence-corrected chi connectivity index (χ2v) is 4.05. The van der Waals surface area contributed by atoms with Crippen LogP contribution in [-0.4, -0.2) is 16.2 Å². The predicted octanol–water partition coefficient (Wildman–Crippen LogP) is 2.90. The molecular weight excluding hydrogens is 260 g/mol. The van der Waals surface area contributed by atoms with Crippen molar-refractivity contribution in [3.8, 4) is 5.75 Å². The molecule has 80 valence electrons. The summed E-state index contributed by atoms with van der Waals surface area (Å²) in [6.07, 6.45) is 2.71. The van der Waals surface area contributed by atoms with Crippen LogP contribution in [-0.2, 0) is 4.79 Å². The van der Waals surface area contributed by atoms with E-state index in [4.69, 9.17) is 5.11 Å². The van der Waals surface area contributed by atoms with Crippen LogP contribution in [0.15, 0.2) is 34.8 Å². The third kappa shape index (κ3) is 3.40. The first-order valence-corrected chi connectivity index (χ1v) is 5.19. The van der Waals surface area contributed by atoms with Crippen molar-refractivity contribution in [2.75, 3.05) is 0 Å². The van der Waals surface area contributed by atoms with Gasteiger partial charge in [-0.2, -0.15) is 0 Å². The molecule has 0 heterocycles. The summed E-state index contributed by atoms with van der Waals surface area (Å²) in [6.45, 7) is 1.89. The number of hydrogen-bond acceptors (Lipinski definition) is 2. The summed E-state index contributed by atoms with van der Waals surface area (Å²) in [7, 11) is 0. The Hall–Kier alpha value is -1.29. The maximum Gasteiger partial charge on any atom is 0.327 e. The van der Waals surface area contributed by atoms with Gasteiger partial charge in [0.2, 0.25) is 0 Å². The largest absolute Gasteiger partial charge is 0.508 e. The standard InChI is InChI=1S/C11H11BrO3/c1-7(2-5-11(14)15)9-4-3-8(13)6-10(9)12/h2-7,13H,1H3,(H,14,15)/b5-2+. The van der Waals surface area contributed by atoms with E-state index < -0.39 is 5.97 Å². The van der Waals surface area contributed by atoms with E-state index in [1.165, 1.54) is 0 Å². The normalized spacial score (nSPS) is 12.9. The summed E-state index contributed by atoms with van der Waals surface area (Å²) < 4.78 is 0.769. The Labute approximate surface area is 96.2 Å². The van der Waals surface area contributed by atoms with Crippen LogP contribution in [0, 0.1) is 0 Å². The molecule has 4 heteroatoms. The van der Waals surface area contributed by atoms with Crippen LogP contribution in [0.3, 0.4) is 0 Å². The molecular formula is C11H11BrO3. The SMILES string of the molecule is CC(/C=C/C(=O)O)c1ccc(O)cc1Br. The Morgan fingerprint density at radius 1 is 1.53 bits per heavy atom. The van der Waals surface area contributed by atoms with Crippen molar-refractivity contribution >= 4 is 21.9 Å². The number of carboxylic acids is 1. The summed E-state index contributed by atoms with van der Waals surface area (Å²) in [5.74, 6) is -0.798. The van der Waals surface area contributed by atoms with Gasteiger partial charge in [0.25, 0.3) is 0 Å². The monoisotopic (exact) mass is 270 g/mol. The van der Waals surface area contributed by atoms with Gasteiger partial charge in [0.05, 0.1) is 0 Å². The number of hydrogen-bond donors (Lipinski definition) is 2. The highest BCUT2D eigenvalue weighted by Gasteiger charge is 2.07. The highest BCUT2D eigenvalue weighted by Crippen LogP contribution is 2.28. The Morgan fingerprint density at radius 3 is 2.73 bits per heavy atom. The highest BCUT2D eigenvalue weighted by atomic mass is 79.9. The molecule has 3 nitrogen and oxygen atoms in total. The molecule has 0 aromatic heterocycles. The van der Waals surface area contributed by atoms with E-state index in [2.05, 4.69) is 15.9 Å². The first kappa shape index (κ1) is 11.8. The lowest BCUT2D eigenvalue weighted by molar-refractivity contribution is -0.131. The summed E-state index contributed by atoms with van der Waals surface area (Å²) in [5.41, 5.74) is 0.935. The summed E-state index contributed by atoms with van der Waals surface area (Å²) in [6, 6.07) is 4.92. The zero-order chi connectivity index (χ0) is 11.4. The maximum absolute atomic E-state index is 10.3. The molecule has 0 bridgehead atoms. The van der Waals surface area contributed by atoms with Gasteiger partial charge in [0, 0.05) is 16.5 Å². The number of allylic oxidation sites excluding steroid dienone is 1. The van der Waals surface area contributed by atoms with E-state index in [0.717, 1.165) is 16.1 Å². The number of carbonyl (C=O) groups is 1. The molecule has 1 unspecified atom stereocenters. The molecule has 1 atom stereocenters. The van der Waals surface area contributed by atoms with Gasteiger partial charge >= 0.3 is 5.97 Å². The minimum absolute atomic E-state index is 0.0175. The van der Waals surface area contributed by atoms with Crippen molar-refractivity contribution in [1.29, 1.82) is 0 Å². The zero-order valence-electron chi connectivity index (χ0n) is 8.14. The number of aromatic hydroxyl groups is 1. The van der Waals surface area contributed by atoms with Gasteiger partial charge in [-0.1, -0.05) is 35.0 Å². The quantitative estimate of drug-likeness (QED) is 0.831.